The van der Waals surface area contributed by atoms with E-state index < -0.39 is 0 Å². The van der Waals surface area contributed by atoms with Crippen molar-refractivity contribution >= 4 is 11.7 Å². The lowest BCUT2D eigenvalue weighted by Gasteiger charge is -2.13. The molecule has 0 fully saturated rings. The Morgan fingerprint density at radius 2 is 2.10 bits per heavy atom. The smallest absolute Gasteiger partial charge is 0.224 e. The number of nitrogens with zero attached hydrogens (tertiary/aromatic N) is 1. The van der Waals surface area contributed by atoms with Crippen molar-refractivity contribution < 1.29 is 14.7 Å². The first-order valence-corrected chi connectivity index (χ1v) is 6.50. The van der Waals surface area contributed by atoms with Gasteiger partial charge >= 0.3 is 0 Å². The van der Waals surface area contributed by atoms with E-state index in [1.165, 1.54) is 0 Å². The average molecular weight is 279 g/mol. The summed E-state index contributed by atoms with van der Waals surface area (Å²) in [6.07, 6.45) is 0.285. The van der Waals surface area contributed by atoms with Gasteiger partial charge in [-0.1, -0.05) is 29.4 Å². The first-order chi connectivity index (χ1) is 9.56. The van der Waals surface area contributed by atoms with Gasteiger partial charge in [0.1, 0.15) is 0 Å². The highest BCUT2D eigenvalue weighted by Crippen LogP contribution is 2.05. The Balaban J connectivity index is 2.50. The summed E-state index contributed by atoms with van der Waals surface area (Å²) in [6.45, 7) is 4.95. The lowest BCUT2D eigenvalue weighted by molar-refractivity contribution is -0.121. The fraction of sp³-hybridized carbons (Fsp3) is 0.429. The van der Waals surface area contributed by atoms with E-state index in [0.29, 0.717) is 18.8 Å². The molecular weight excluding hydrogens is 258 g/mol. The van der Waals surface area contributed by atoms with E-state index in [9.17, 15) is 4.79 Å². The molecule has 1 aromatic carbocycles. The molecule has 0 spiro atoms. The summed E-state index contributed by atoms with van der Waals surface area (Å²) in [4.78, 5) is 11.8. The van der Waals surface area contributed by atoms with Gasteiger partial charge in [0.05, 0.1) is 13.0 Å². The number of amides is 1. The Morgan fingerprint density at radius 3 is 2.65 bits per heavy atom. The normalized spacial score (nSPS) is 13.0. The highest BCUT2D eigenvalue weighted by molar-refractivity contribution is 5.97. The van der Waals surface area contributed by atoms with Crippen LogP contribution in [0.5, 0.6) is 0 Å². The number of benzene rings is 1. The number of hydrogen-bond donors (Lipinski definition) is 3. The van der Waals surface area contributed by atoms with Crippen LogP contribution in [0.2, 0.25) is 0 Å². The van der Waals surface area contributed by atoms with E-state index in [4.69, 9.17) is 15.7 Å². The first-order valence-electron chi connectivity index (χ1n) is 6.50. The standard InChI is InChI=1S/C14H21N3O3/c1-3-20-9-10(2)16-13(18)8-11-4-6-12(7-5-11)14(15)17-19/h4-7,10,19H,3,8-9H2,1-2H3,(H2,15,17)(H,16,18). The highest BCUT2D eigenvalue weighted by Gasteiger charge is 2.08. The van der Waals surface area contributed by atoms with Crippen molar-refractivity contribution in [1.29, 1.82) is 0 Å². The maximum absolute atomic E-state index is 11.8. The van der Waals surface area contributed by atoms with Crippen LogP contribution in [0.1, 0.15) is 25.0 Å². The zero-order valence-corrected chi connectivity index (χ0v) is 11.8. The molecule has 6 heteroatoms. The molecule has 110 valence electrons. The quantitative estimate of drug-likeness (QED) is 0.298. The molecule has 0 radical (unpaired) electrons. The molecule has 1 atom stereocenters. The molecule has 0 bridgehead atoms. The van der Waals surface area contributed by atoms with E-state index in [0.717, 1.165) is 5.56 Å². The topological polar surface area (TPSA) is 96.9 Å². The second-order valence-electron chi connectivity index (χ2n) is 4.49. The number of oxime groups is 1. The van der Waals surface area contributed by atoms with Gasteiger partial charge in [-0.3, -0.25) is 4.79 Å². The number of ether oxygens (including phenoxy) is 1. The van der Waals surface area contributed by atoms with Crippen molar-refractivity contribution in [3.05, 3.63) is 35.4 Å². The Labute approximate surface area is 118 Å². The van der Waals surface area contributed by atoms with E-state index >= 15 is 0 Å². The molecule has 20 heavy (non-hydrogen) atoms. The maximum Gasteiger partial charge on any atom is 0.224 e. The molecule has 0 heterocycles. The SMILES string of the molecule is CCOCC(C)NC(=O)Cc1ccc(C(N)=NO)cc1. The highest BCUT2D eigenvalue weighted by atomic mass is 16.5. The Hall–Kier alpha value is -2.08. The minimum absolute atomic E-state index is 0.0149. The number of rotatable bonds is 7. The lowest BCUT2D eigenvalue weighted by atomic mass is 10.1. The molecule has 4 N–H and O–H groups in total. The van der Waals surface area contributed by atoms with Crippen LogP contribution in [0.15, 0.2) is 29.4 Å². The van der Waals surface area contributed by atoms with Gasteiger partial charge in [-0.15, -0.1) is 0 Å². The van der Waals surface area contributed by atoms with E-state index in [1.54, 1.807) is 24.3 Å². The van der Waals surface area contributed by atoms with Crippen molar-refractivity contribution in [3.8, 4) is 0 Å². The van der Waals surface area contributed by atoms with Crippen LogP contribution in [0.4, 0.5) is 0 Å². The fourth-order valence-electron chi connectivity index (χ4n) is 1.70. The maximum atomic E-state index is 11.8. The number of nitrogens with one attached hydrogen (secondary N) is 1. The van der Waals surface area contributed by atoms with Crippen LogP contribution < -0.4 is 11.1 Å². The monoisotopic (exact) mass is 279 g/mol. The summed E-state index contributed by atoms with van der Waals surface area (Å²) in [5.74, 6) is -0.0138. The van der Waals surface area contributed by atoms with Gasteiger partial charge in [-0.05, 0) is 19.4 Å². The molecule has 6 nitrogen and oxygen atoms in total. The first kappa shape index (κ1) is 16.0. The van der Waals surface area contributed by atoms with E-state index in [1.807, 2.05) is 13.8 Å². The number of nitrogens with two attached hydrogens (primary N) is 1. The molecular formula is C14H21N3O3. The summed E-state index contributed by atoms with van der Waals surface area (Å²) in [7, 11) is 0. The van der Waals surface area contributed by atoms with Gasteiger partial charge in [0.15, 0.2) is 5.84 Å². The molecule has 0 saturated carbocycles. The summed E-state index contributed by atoms with van der Waals surface area (Å²) < 4.78 is 5.24. The van der Waals surface area contributed by atoms with Crippen LogP contribution in [0, 0.1) is 0 Å². The molecule has 1 amide bonds. The summed E-state index contributed by atoms with van der Waals surface area (Å²) in [5.41, 5.74) is 6.94. The molecule has 0 saturated heterocycles. The van der Waals surface area contributed by atoms with Crippen molar-refractivity contribution in [2.45, 2.75) is 26.3 Å². The lowest BCUT2D eigenvalue weighted by Crippen LogP contribution is -2.36. The number of carbonyl (C=O) groups excluding carboxylic acids is 1. The van der Waals surface area contributed by atoms with Gasteiger partial charge < -0.3 is 21.0 Å². The van der Waals surface area contributed by atoms with Crippen LogP contribution in [0.3, 0.4) is 0 Å². The number of amidine groups is 1. The molecule has 0 aromatic heterocycles. The van der Waals surface area contributed by atoms with E-state index in [-0.39, 0.29) is 24.2 Å². The van der Waals surface area contributed by atoms with Crippen LogP contribution >= 0.6 is 0 Å². The largest absolute Gasteiger partial charge is 0.409 e. The van der Waals surface area contributed by atoms with Crippen molar-refractivity contribution in [3.63, 3.8) is 0 Å². The van der Waals surface area contributed by atoms with E-state index in [2.05, 4.69) is 10.5 Å². The minimum atomic E-state index is -0.0613. The van der Waals surface area contributed by atoms with Gasteiger partial charge in [0, 0.05) is 18.2 Å². The Bertz CT molecular complexity index is 457. The second kappa shape index (κ2) is 8.16. The molecule has 0 aliphatic carbocycles. The number of hydrogen-bond acceptors (Lipinski definition) is 4. The zero-order valence-electron chi connectivity index (χ0n) is 11.8. The molecule has 0 aliphatic heterocycles. The van der Waals surface area contributed by atoms with Crippen LogP contribution in [0.25, 0.3) is 0 Å². The molecule has 0 aliphatic rings. The summed E-state index contributed by atoms with van der Waals surface area (Å²) >= 11 is 0. The van der Waals surface area contributed by atoms with Gasteiger partial charge in [-0.25, -0.2) is 0 Å². The third-order valence-electron chi connectivity index (χ3n) is 2.70. The Kier molecular flexibility index (Phi) is 6.52. The van der Waals surface area contributed by atoms with Crippen molar-refractivity contribution in [1.82, 2.24) is 5.32 Å². The second-order valence-corrected chi connectivity index (χ2v) is 4.49. The van der Waals surface area contributed by atoms with Crippen LogP contribution in [-0.2, 0) is 16.0 Å². The number of carbonyl (C=O) groups is 1. The van der Waals surface area contributed by atoms with Gasteiger partial charge in [0.25, 0.3) is 0 Å². The minimum Gasteiger partial charge on any atom is -0.409 e. The summed E-state index contributed by atoms with van der Waals surface area (Å²) in [5, 5.41) is 14.3. The average Bonchev–Trinajstić information content (AvgIpc) is 2.45. The van der Waals surface area contributed by atoms with Gasteiger partial charge in [0.2, 0.25) is 5.91 Å². The van der Waals surface area contributed by atoms with Crippen LogP contribution in [-0.4, -0.2) is 36.2 Å². The molecule has 1 unspecified atom stereocenters. The zero-order chi connectivity index (χ0) is 15.0. The molecule has 1 aromatic rings. The Morgan fingerprint density at radius 1 is 1.45 bits per heavy atom. The fourth-order valence-corrected chi connectivity index (χ4v) is 1.70. The predicted molar refractivity (Wildman–Crippen MR) is 76.8 cm³/mol. The predicted octanol–water partition coefficient (Wildman–Crippen LogP) is 0.865. The summed E-state index contributed by atoms with van der Waals surface area (Å²) in [6, 6.07) is 6.96. The van der Waals surface area contributed by atoms with Crippen molar-refractivity contribution in [2.75, 3.05) is 13.2 Å². The third-order valence-corrected chi connectivity index (χ3v) is 2.70. The van der Waals surface area contributed by atoms with Gasteiger partial charge in [-0.2, -0.15) is 0 Å². The third kappa shape index (κ3) is 5.27. The van der Waals surface area contributed by atoms with Crippen molar-refractivity contribution in [2.24, 2.45) is 10.9 Å². The molecule has 1 rings (SSSR count).